The van der Waals surface area contributed by atoms with Gasteiger partial charge in [0.05, 0.1) is 11.4 Å². The van der Waals surface area contributed by atoms with Gasteiger partial charge in [-0.25, -0.2) is 4.68 Å². The molecule has 2 saturated carbocycles. The average molecular weight is 434 g/mol. The molecule has 1 aliphatic heterocycles. The summed E-state index contributed by atoms with van der Waals surface area (Å²) >= 11 is 0. The van der Waals surface area contributed by atoms with Gasteiger partial charge in [-0.1, -0.05) is 11.6 Å². The van der Waals surface area contributed by atoms with Crippen molar-refractivity contribution in [3.05, 3.63) is 29.6 Å². The fourth-order valence-electron chi connectivity index (χ4n) is 5.19. The van der Waals surface area contributed by atoms with Crippen LogP contribution in [0.15, 0.2) is 18.2 Å². The number of ether oxygens (including phenoxy) is 2. The Morgan fingerprint density at radius 2 is 1.87 bits per heavy atom. The number of aromatic nitrogens is 3. The lowest BCUT2D eigenvalue weighted by atomic mass is 9.67. The zero-order valence-corrected chi connectivity index (χ0v) is 17.9. The molecule has 2 fully saturated rings. The number of nitrogens with two attached hydrogens (primary N) is 1. The molecule has 2 aromatic rings. The fraction of sp³-hybridized carbons (Fsp3) is 0.571. The van der Waals surface area contributed by atoms with Gasteiger partial charge in [-0.2, -0.15) is 0 Å². The first-order chi connectivity index (χ1) is 14.1. The van der Waals surface area contributed by atoms with Gasteiger partial charge in [0.15, 0.2) is 17.2 Å². The maximum Gasteiger partial charge on any atom is 0.274 e. The number of carbonyl (C=O) groups excluding carboxylic acids is 1. The molecule has 30 heavy (non-hydrogen) atoms. The largest absolute Gasteiger partial charge is 0.486 e. The molecule has 2 heterocycles. The topological polar surface area (TPSA) is 104 Å². The van der Waals surface area contributed by atoms with E-state index < -0.39 is 0 Å². The van der Waals surface area contributed by atoms with E-state index in [1.54, 1.807) is 4.68 Å². The van der Waals surface area contributed by atoms with Crippen LogP contribution < -0.4 is 20.5 Å². The van der Waals surface area contributed by atoms with Crippen molar-refractivity contribution < 1.29 is 14.3 Å². The second-order valence-corrected chi connectivity index (χ2v) is 8.45. The van der Waals surface area contributed by atoms with Gasteiger partial charge in [0, 0.05) is 18.2 Å². The second-order valence-electron chi connectivity index (χ2n) is 8.45. The molecule has 0 radical (unpaired) electrons. The molecular weight excluding hydrogens is 406 g/mol. The first-order valence-corrected chi connectivity index (χ1v) is 10.5. The first kappa shape index (κ1) is 20.9. The molecule has 3 aliphatic rings. The monoisotopic (exact) mass is 433 g/mol. The van der Waals surface area contributed by atoms with E-state index in [4.69, 9.17) is 15.2 Å². The van der Waals surface area contributed by atoms with Crippen LogP contribution >= 0.6 is 12.4 Å². The summed E-state index contributed by atoms with van der Waals surface area (Å²) in [4.78, 5) is 13.0. The van der Waals surface area contributed by atoms with Crippen LogP contribution in [0.25, 0.3) is 5.69 Å². The molecule has 1 aromatic carbocycles. The average Bonchev–Trinajstić information content (AvgIpc) is 3.10. The Hall–Kier alpha value is -2.32. The van der Waals surface area contributed by atoms with E-state index in [-0.39, 0.29) is 30.4 Å². The number of benzene rings is 1. The number of rotatable bonds is 3. The van der Waals surface area contributed by atoms with Gasteiger partial charge in [0.25, 0.3) is 5.91 Å². The van der Waals surface area contributed by atoms with Crippen molar-refractivity contribution in [2.24, 2.45) is 17.6 Å². The lowest BCUT2D eigenvalue weighted by Gasteiger charge is -2.45. The molecule has 8 nitrogen and oxygen atoms in total. The quantitative estimate of drug-likeness (QED) is 0.770. The molecule has 1 aromatic heterocycles. The summed E-state index contributed by atoms with van der Waals surface area (Å²) in [5.41, 5.74) is 8.08. The van der Waals surface area contributed by atoms with Gasteiger partial charge in [-0.05, 0) is 56.6 Å². The predicted octanol–water partition coefficient (Wildman–Crippen LogP) is 2.40. The van der Waals surface area contributed by atoms with Gasteiger partial charge in [0.1, 0.15) is 13.2 Å². The summed E-state index contributed by atoms with van der Waals surface area (Å²) in [6, 6.07) is 6.07. The molecule has 9 heteroatoms. The van der Waals surface area contributed by atoms with E-state index in [0.29, 0.717) is 42.2 Å². The van der Waals surface area contributed by atoms with Crippen molar-refractivity contribution in [3.8, 4) is 17.2 Å². The highest BCUT2D eigenvalue weighted by Crippen LogP contribution is 2.40. The van der Waals surface area contributed by atoms with Crippen molar-refractivity contribution >= 4 is 18.3 Å². The maximum absolute atomic E-state index is 13.0. The SMILES string of the molecule is Cc1c(C(=O)NC2C3CCCC2CC(N)C3)nnn1-c1ccc2c(c1)OCCO2.Cl. The van der Waals surface area contributed by atoms with Crippen molar-refractivity contribution in [1.82, 2.24) is 20.3 Å². The van der Waals surface area contributed by atoms with E-state index in [2.05, 4.69) is 15.6 Å². The van der Waals surface area contributed by atoms with Crippen LogP contribution in [-0.2, 0) is 0 Å². The minimum atomic E-state index is -0.149. The minimum absolute atomic E-state index is 0. The summed E-state index contributed by atoms with van der Waals surface area (Å²) in [6.45, 7) is 2.93. The Kier molecular flexibility index (Phi) is 5.88. The molecule has 5 rings (SSSR count). The molecule has 1 amide bonds. The van der Waals surface area contributed by atoms with E-state index >= 15 is 0 Å². The Bertz CT molecular complexity index is 919. The van der Waals surface area contributed by atoms with Gasteiger partial charge < -0.3 is 20.5 Å². The van der Waals surface area contributed by atoms with E-state index in [1.807, 2.05) is 25.1 Å². The Morgan fingerprint density at radius 1 is 1.17 bits per heavy atom. The van der Waals surface area contributed by atoms with Crippen LogP contribution in [-0.4, -0.2) is 46.2 Å². The van der Waals surface area contributed by atoms with Crippen LogP contribution in [0.2, 0.25) is 0 Å². The maximum atomic E-state index is 13.0. The number of carbonyl (C=O) groups is 1. The smallest absolute Gasteiger partial charge is 0.274 e. The lowest BCUT2D eigenvalue weighted by molar-refractivity contribution is 0.0751. The summed E-state index contributed by atoms with van der Waals surface area (Å²) in [6.07, 6.45) is 5.48. The lowest BCUT2D eigenvalue weighted by Crippen LogP contribution is -2.53. The highest BCUT2D eigenvalue weighted by atomic mass is 35.5. The van der Waals surface area contributed by atoms with Gasteiger partial charge in [-0.3, -0.25) is 4.79 Å². The predicted molar refractivity (Wildman–Crippen MR) is 114 cm³/mol. The molecule has 0 saturated heterocycles. The Labute approximate surface area is 181 Å². The highest BCUT2D eigenvalue weighted by Gasteiger charge is 2.40. The molecular formula is C21H28ClN5O3. The molecule has 2 bridgehead atoms. The molecule has 2 unspecified atom stereocenters. The summed E-state index contributed by atoms with van der Waals surface area (Å²) in [7, 11) is 0. The number of halogens is 1. The molecule has 162 valence electrons. The van der Waals surface area contributed by atoms with Crippen molar-refractivity contribution in [2.75, 3.05) is 13.2 Å². The molecule has 2 atom stereocenters. The Morgan fingerprint density at radius 3 is 2.60 bits per heavy atom. The van der Waals surface area contributed by atoms with Crippen LogP contribution in [0.1, 0.15) is 48.3 Å². The molecule has 3 N–H and O–H groups in total. The third-order valence-corrected chi connectivity index (χ3v) is 6.55. The van der Waals surface area contributed by atoms with Gasteiger partial charge >= 0.3 is 0 Å². The normalized spacial score (nSPS) is 27.1. The number of nitrogens with zero attached hydrogens (tertiary/aromatic N) is 3. The third-order valence-electron chi connectivity index (χ3n) is 6.55. The highest BCUT2D eigenvalue weighted by molar-refractivity contribution is 5.93. The number of hydrogen-bond donors (Lipinski definition) is 2. The van der Waals surface area contributed by atoms with E-state index in [9.17, 15) is 4.79 Å². The molecule has 0 spiro atoms. The zero-order chi connectivity index (χ0) is 20.0. The van der Waals surface area contributed by atoms with Crippen LogP contribution in [0.3, 0.4) is 0 Å². The van der Waals surface area contributed by atoms with Crippen LogP contribution in [0.4, 0.5) is 0 Å². The van der Waals surface area contributed by atoms with Crippen LogP contribution in [0.5, 0.6) is 11.5 Å². The van der Waals surface area contributed by atoms with Crippen LogP contribution in [0, 0.1) is 18.8 Å². The summed E-state index contributed by atoms with van der Waals surface area (Å²) in [5.74, 6) is 2.19. The van der Waals surface area contributed by atoms with Crippen molar-refractivity contribution in [1.29, 1.82) is 0 Å². The van der Waals surface area contributed by atoms with Crippen molar-refractivity contribution in [3.63, 3.8) is 0 Å². The fourth-order valence-corrected chi connectivity index (χ4v) is 5.19. The third kappa shape index (κ3) is 3.74. The van der Waals surface area contributed by atoms with Crippen molar-refractivity contribution in [2.45, 2.75) is 51.1 Å². The minimum Gasteiger partial charge on any atom is -0.486 e. The first-order valence-electron chi connectivity index (χ1n) is 10.5. The zero-order valence-electron chi connectivity index (χ0n) is 17.0. The number of amides is 1. The second kappa shape index (κ2) is 8.43. The molecule has 2 aliphatic carbocycles. The number of fused-ring (bicyclic) bond motifs is 3. The standard InChI is InChI=1S/C21H27N5O3.ClH/c1-12-19(21(27)23-20-13-3-2-4-14(20)10-15(22)9-13)24-25-26(12)16-5-6-17-18(11-16)29-8-7-28-17;/h5-6,11,13-15,20H,2-4,7-10,22H2,1H3,(H,23,27);1H. The van der Waals surface area contributed by atoms with Gasteiger partial charge in [-0.15, -0.1) is 17.5 Å². The van der Waals surface area contributed by atoms with E-state index in [0.717, 1.165) is 37.1 Å². The van der Waals surface area contributed by atoms with E-state index in [1.165, 1.54) is 6.42 Å². The number of nitrogens with one attached hydrogen (secondary N) is 1. The number of hydrogen-bond acceptors (Lipinski definition) is 6. The van der Waals surface area contributed by atoms with Gasteiger partial charge in [0.2, 0.25) is 0 Å². The Balaban J connectivity index is 0.00000218. The summed E-state index contributed by atoms with van der Waals surface area (Å²) < 4.78 is 12.9. The summed E-state index contributed by atoms with van der Waals surface area (Å²) in [5, 5.41) is 11.7.